The summed E-state index contributed by atoms with van der Waals surface area (Å²) in [4.78, 5) is 32.3. The molecule has 5 rings (SSSR count). The molecular weight excluding hydrogens is 712 g/mol. The molecule has 3 aromatic heterocycles. The number of benzene rings is 2. The number of fused-ring (bicyclic) bond motifs is 1. The molecule has 0 spiro atoms. The van der Waals surface area contributed by atoms with Gasteiger partial charge in [-0.3, -0.25) is 9.59 Å². The maximum absolute atomic E-state index is 12.3. The Morgan fingerprint density at radius 1 is 0.951 bits per heavy atom. The third kappa shape index (κ3) is 9.84. The molecule has 8 nitrogen and oxygen atoms in total. The molecule has 0 radical (unpaired) electrons. The number of thiophene rings is 1. The fraction of sp³-hybridized carbons (Fsp3) is 0.0357. The van der Waals surface area contributed by atoms with Gasteiger partial charge in [0.25, 0.3) is 5.91 Å². The maximum atomic E-state index is 12.3. The summed E-state index contributed by atoms with van der Waals surface area (Å²) in [5, 5.41) is 15.0. The minimum atomic E-state index is -0.215. The van der Waals surface area contributed by atoms with Gasteiger partial charge in [-0.25, -0.2) is 9.97 Å². The normalized spacial score (nSPS) is 9.83. The summed E-state index contributed by atoms with van der Waals surface area (Å²) in [5.41, 5.74) is 8.45. The highest BCUT2D eigenvalue weighted by molar-refractivity contribution is 9.10. The molecule has 0 aliphatic carbocycles. The lowest BCUT2D eigenvalue weighted by atomic mass is 10.2. The van der Waals surface area contributed by atoms with E-state index in [0.717, 1.165) is 30.5 Å². The second kappa shape index (κ2) is 16.1. The molecule has 13 heteroatoms. The zero-order chi connectivity index (χ0) is 29.8. The molecular formula is C28H21Br2ClN6O2S2. The number of hydrogen-bond acceptors (Lipinski definition) is 8. The van der Waals surface area contributed by atoms with E-state index < -0.39 is 0 Å². The zero-order valence-electron chi connectivity index (χ0n) is 21.0. The fourth-order valence-electron chi connectivity index (χ4n) is 3.08. The Kier molecular flexibility index (Phi) is 12.6. The number of rotatable bonds is 4. The number of nitrogens with two attached hydrogens (primary N) is 1. The Bertz CT molecular complexity index is 1680. The van der Waals surface area contributed by atoms with E-state index in [9.17, 15) is 9.59 Å². The first-order chi connectivity index (χ1) is 19.7. The summed E-state index contributed by atoms with van der Waals surface area (Å²) in [6.45, 7) is 0. The number of amides is 2. The average molecular weight is 733 g/mol. The molecule has 0 unspecified atom stereocenters. The standard InChI is InChI=1S/C14H10BrN3OS.C8H9NOS.C6H2BrClN2/c15-8-6-10-11(16)12(20-14(10)17-7-8)13(19)18-9-4-2-1-3-5-9;10-8(6-11)9-7-4-2-1-3-5-7;7-5-1-4(2-9)6(8)10-3-5/h1-7H,16H2,(H,18,19);1-5,11H,6H2,(H,9,10);1,3H. The zero-order valence-corrected chi connectivity index (χ0v) is 26.7. The lowest BCUT2D eigenvalue weighted by Crippen LogP contribution is -2.12. The van der Waals surface area contributed by atoms with Gasteiger partial charge in [0.15, 0.2) is 0 Å². The minimum Gasteiger partial charge on any atom is -0.397 e. The van der Waals surface area contributed by atoms with Crippen LogP contribution < -0.4 is 16.4 Å². The number of nitrogen functional groups attached to an aromatic ring is 1. The van der Waals surface area contributed by atoms with Crippen molar-refractivity contribution in [1.29, 1.82) is 5.26 Å². The van der Waals surface area contributed by atoms with E-state index in [1.54, 1.807) is 18.5 Å². The van der Waals surface area contributed by atoms with Crippen molar-refractivity contribution in [3.8, 4) is 6.07 Å². The van der Waals surface area contributed by atoms with Crippen LogP contribution in [0.4, 0.5) is 17.1 Å². The minimum absolute atomic E-state index is 0.0838. The van der Waals surface area contributed by atoms with Crippen LogP contribution in [0.15, 0.2) is 94.1 Å². The van der Waals surface area contributed by atoms with Gasteiger partial charge in [-0.1, -0.05) is 48.0 Å². The molecule has 0 aliphatic heterocycles. The van der Waals surface area contributed by atoms with Crippen molar-refractivity contribution in [2.24, 2.45) is 0 Å². The Morgan fingerprint density at radius 3 is 2.07 bits per heavy atom. The summed E-state index contributed by atoms with van der Waals surface area (Å²) in [6, 6.07) is 24.0. The second-order valence-corrected chi connectivity index (χ2v) is 11.4. The van der Waals surface area contributed by atoms with E-state index in [-0.39, 0.29) is 22.7 Å². The smallest absolute Gasteiger partial charge is 0.267 e. The molecule has 0 atom stereocenters. The number of nitrogens with one attached hydrogen (secondary N) is 2. The first-order valence-corrected chi connectivity index (χ1v) is 15.0. The van der Waals surface area contributed by atoms with Gasteiger partial charge >= 0.3 is 0 Å². The molecule has 0 saturated carbocycles. The van der Waals surface area contributed by atoms with Gasteiger partial charge in [-0.05, 0) is 68.3 Å². The largest absolute Gasteiger partial charge is 0.397 e. The van der Waals surface area contributed by atoms with Crippen LogP contribution in [0.25, 0.3) is 10.2 Å². The highest BCUT2D eigenvalue weighted by Crippen LogP contribution is 2.34. The van der Waals surface area contributed by atoms with Crippen LogP contribution in [0.1, 0.15) is 15.2 Å². The van der Waals surface area contributed by atoms with E-state index in [0.29, 0.717) is 16.1 Å². The molecule has 0 fully saturated rings. The number of carbonyl (C=O) groups is 2. The van der Waals surface area contributed by atoms with Crippen molar-refractivity contribution in [3.05, 3.63) is 110 Å². The Hall–Kier alpha value is -3.47. The lowest BCUT2D eigenvalue weighted by Gasteiger charge is -2.03. The highest BCUT2D eigenvalue weighted by Gasteiger charge is 2.17. The van der Waals surface area contributed by atoms with Gasteiger partial charge in [0, 0.05) is 38.1 Å². The number of anilines is 3. The summed E-state index contributed by atoms with van der Waals surface area (Å²) in [6.07, 6.45) is 3.24. The number of halogens is 3. The van der Waals surface area contributed by atoms with Gasteiger partial charge < -0.3 is 16.4 Å². The van der Waals surface area contributed by atoms with Gasteiger partial charge in [-0.15, -0.1) is 11.3 Å². The van der Waals surface area contributed by atoms with Crippen molar-refractivity contribution in [2.75, 3.05) is 22.1 Å². The molecule has 2 aromatic carbocycles. The monoisotopic (exact) mass is 730 g/mol. The Balaban J connectivity index is 0.000000187. The van der Waals surface area contributed by atoms with Gasteiger partial charge in [0.2, 0.25) is 5.91 Å². The molecule has 0 bridgehead atoms. The van der Waals surface area contributed by atoms with E-state index in [1.165, 1.54) is 11.3 Å². The highest BCUT2D eigenvalue weighted by atomic mass is 79.9. The summed E-state index contributed by atoms with van der Waals surface area (Å²) in [7, 11) is 0. The molecule has 41 heavy (non-hydrogen) atoms. The van der Waals surface area contributed by atoms with Crippen molar-refractivity contribution in [1.82, 2.24) is 9.97 Å². The molecule has 0 aliphatic rings. The molecule has 208 valence electrons. The lowest BCUT2D eigenvalue weighted by molar-refractivity contribution is -0.113. The summed E-state index contributed by atoms with van der Waals surface area (Å²) >= 11 is 17.2. The van der Waals surface area contributed by atoms with Crippen LogP contribution >= 0.6 is 67.4 Å². The second-order valence-electron chi connectivity index (χ2n) is 7.85. The van der Waals surface area contributed by atoms with E-state index in [4.69, 9.17) is 22.6 Å². The third-order valence-corrected chi connectivity index (χ3v) is 7.50. The van der Waals surface area contributed by atoms with E-state index in [2.05, 4.69) is 65.1 Å². The van der Waals surface area contributed by atoms with Crippen molar-refractivity contribution < 1.29 is 9.59 Å². The summed E-state index contributed by atoms with van der Waals surface area (Å²) < 4.78 is 1.60. The predicted octanol–water partition coefficient (Wildman–Crippen LogP) is 7.82. The Labute approximate surface area is 267 Å². The SMILES string of the molecule is N#Cc1cc(Br)cnc1Cl.Nc1c(C(=O)Nc2ccccc2)sc2ncc(Br)cc12.O=C(CS)Nc1ccccc1. The number of nitriles is 1. The molecule has 0 saturated heterocycles. The van der Waals surface area contributed by atoms with Crippen LogP contribution in [0.3, 0.4) is 0 Å². The first-order valence-electron chi connectivity index (χ1n) is 11.6. The molecule has 2 amide bonds. The van der Waals surface area contributed by atoms with Crippen molar-refractivity contribution in [2.45, 2.75) is 0 Å². The van der Waals surface area contributed by atoms with Crippen LogP contribution in [0.5, 0.6) is 0 Å². The maximum Gasteiger partial charge on any atom is 0.267 e. The topological polar surface area (TPSA) is 134 Å². The fourth-order valence-corrected chi connectivity index (χ4v) is 4.90. The average Bonchev–Trinajstić information content (AvgIpc) is 3.31. The third-order valence-electron chi connectivity index (χ3n) is 4.92. The van der Waals surface area contributed by atoms with E-state index >= 15 is 0 Å². The Morgan fingerprint density at radius 2 is 1.51 bits per heavy atom. The quantitative estimate of drug-likeness (QED) is 0.110. The number of pyridine rings is 2. The number of carbonyl (C=O) groups excluding carboxylic acids is 2. The number of thiol groups is 1. The number of nitrogens with zero attached hydrogens (tertiary/aromatic N) is 3. The van der Waals surface area contributed by atoms with Crippen molar-refractivity contribution >= 4 is 107 Å². The van der Waals surface area contributed by atoms with Crippen LogP contribution in [0.2, 0.25) is 5.15 Å². The predicted molar refractivity (Wildman–Crippen MR) is 177 cm³/mol. The van der Waals surface area contributed by atoms with Gasteiger partial charge in [0.1, 0.15) is 20.9 Å². The summed E-state index contributed by atoms with van der Waals surface area (Å²) in [5.74, 6) is -0.0816. The van der Waals surface area contributed by atoms with Crippen molar-refractivity contribution in [3.63, 3.8) is 0 Å². The number of aromatic nitrogens is 2. The van der Waals surface area contributed by atoms with E-state index in [1.807, 2.05) is 72.8 Å². The molecule has 3 heterocycles. The molecule has 5 aromatic rings. The number of hydrogen-bond donors (Lipinski definition) is 4. The van der Waals surface area contributed by atoms with Crippen LogP contribution in [-0.4, -0.2) is 27.5 Å². The van der Waals surface area contributed by atoms with Crippen LogP contribution in [0, 0.1) is 11.3 Å². The van der Waals surface area contributed by atoms with Crippen LogP contribution in [-0.2, 0) is 4.79 Å². The van der Waals surface area contributed by atoms with Gasteiger partial charge in [-0.2, -0.15) is 17.9 Å². The van der Waals surface area contributed by atoms with Gasteiger partial charge in [0.05, 0.1) is 17.0 Å². The number of para-hydroxylation sites is 2. The first kappa shape index (κ1) is 32.0. The molecule has 4 N–H and O–H groups in total.